The van der Waals surface area contributed by atoms with Crippen LogP contribution in [0.2, 0.25) is 0 Å². The predicted octanol–water partition coefficient (Wildman–Crippen LogP) is 3.41. The van der Waals surface area contributed by atoms with Gasteiger partial charge in [-0.25, -0.2) is 4.98 Å². The maximum absolute atomic E-state index is 4.50. The van der Waals surface area contributed by atoms with E-state index in [0.717, 1.165) is 30.8 Å². The van der Waals surface area contributed by atoms with Gasteiger partial charge in [-0.05, 0) is 38.0 Å². The second kappa shape index (κ2) is 5.96. The van der Waals surface area contributed by atoms with Gasteiger partial charge in [0.05, 0.1) is 10.7 Å². The van der Waals surface area contributed by atoms with Gasteiger partial charge in [0.25, 0.3) is 0 Å². The van der Waals surface area contributed by atoms with E-state index < -0.39 is 0 Å². The van der Waals surface area contributed by atoms with Crippen molar-refractivity contribution < 1.29 is 0 Å². The van der Waals surface area contributed by atoms with Gasteiger partial charge in [-0.2, -0.15) is 0 Å². The van der Waals surface area contributed by atoms with E-state index in [9.17, 15) is 0 Å². The van der Waals surface area contributed by atoms with E-state index in [1.165, 1.54) is 30.0 Å². The lowest BCUT2D eigenvalue weighted by Crippen LogP contribution is -2.37. The second-order valence-corrected chi connectivity index (χ2v) is 6.74. The summed E-state index contributed by atoms with van der Waals surface area (Å²) >= 11 is 1.75. The number of aryl methyl sites for hydroxylation is 1. The van der Waals surface area contributed by atoms with Crippen LogP contribution in [-0.4, -0.2) is 17.6 Å². The van der Waals surface area contributed by atoms with Gasteiger partial charge in [-0.1, -0.05) is 13.8 Å². The molecule has 17 heavy (non-hydrogen) atoms. The zero-order valence-corrected chi connectivity index (χ0v) is 12.0. The largest absolute Gasteiger partial charge is 0.314 e. The maximum Gasteiger partial charge on any atom is 0.0897 e. The van der Waals surface area contributed by atoms with Crippen molar-refractivity contribution in [3.05, 3.63) is 16.1 Å². The molecule has 0 amide bonds. The van der Waals surface area contributed by atoms with Gasteiger partial charge < -0.3 is 5.32 Å². The SMILES string of the molecule is Cc1nc(CCNC2CC(C)CC(C)C2)cs1. The Hall–Kier alpha value is -0.410. The van der Waals surface area contributed by atoms with E-state index in [1.54, 1.807) is 11.3 Å². The minimum absolute atomic E-state index is 0.730. The molecule has 2 atom stereocenters. The van der Waals surface area contributed by atoms with Crippen LogP contribution in [0, 0.1) is 18.8 Å². The van der Waals surface area contributed by atoms with Gasteiger partial charge in [0, 0.05) is 24.4 Å². The molecule has 2 rings (SSSR count). The Bertz CT molecular complexity index is 338. The van der Waals surface area contributed by atoms with E-state index in [-0.39, 0.29) is 0 Å². The zero-order valence-electron chi connectivity index (χ0n) is 11.2. The molecule has 1 aliphatic rings. The normalized spacial score (nSPS) is 29.5. The van der Waals surface area contributed by atoms with E-state index in [4.69, 9.17) is 0 Å². The lowest BCUT2D eigenvalue weighted by Gasteiger charge is -2.32. The van der Waals surface area contributed by atoms with Crippen molar-refractivity contribution in [1.29, 1.82) is 0 Å². The first kappa shape index (κ1) is 13.0. The summed E-state index contributed by atoms with van der Waals surface area (Å²) < 4.78 is 0. The van der Waals surface area contributed by atoms with Crippen LogP contribution < -0.4 is 5.32 Å². The van der Waals surface area contributed by atoms with E-state index in [1.807, 2.05) is 0 Å². The number of hydrogen-bond acceptors (Lipinski definition) is 3. The highest BCUT2D eigenvalue weighted by Crippen LogP contribution is 2.28. The minimum atomic E-state index is 0.730. The molecule has 1 heterocycles. The third-order valence-corrected chi connectivity index (χ3v) is 4.48. The summed E-state index contributed by atoms with van der Waals surface area (Å²) in [5, 5.41) is 7.07. The van der Waals surface area contributed by atoms with Crippen molar-refractivity contribution >= 4 is 11.3 Å². The Kier molecular flexibility index (Phi) is 4.57. The first-order chi connectivity index (χ1) is 8.13. The summed E-state index contributed by atoms with van der Waals surface area (Å²) in [5.74, 6) is 1.77. The summed E-state index contributed by atoms with van der Waals surface area (Å²) in [6, 6.07) is 0.730. The second-order valence-electron chi connectivity index (χ2n) is 5.68. The zero-order chi connectivity index (χ0) is 12.3. The Balaban J connectivity index is 1.71. The number of rotatable bonds is 4. The van der Waals surface area contributed by atoms with Crippen molar-refractivity contribution in [1.82, 2.24) is 10.3 Å². The van der Waals surface area contributed by atoms with E-state index >= 15 is 0 Å². The molecule has 1 aliphatic carbocycles. The van der Waals surface area contributed by atoms with Crippen LogP contribution in [-0.2, 0) is 6.42 Å². The number of thiazole rings is 1. The fraction of sp³-hybridized carbons (Fsp3) is 0.786. The van der Waals surface area contributed by atoms with Crippen LogP contribution in [0.25, 0.3) is 0 Å². The van der Waals surface area contributed by atoms with Crippen LogP contribution in [0.3, 0.4) is 0 Å². The standard InChI is InChI=1S/C14H24N2S/c1-10-6-11(2)8-14(7-10)15-5-4-13-9-17-12(3)16-13/h9-11,14-15H,4-8H2,1-3H3. The monoisotopic (exact) mass is 252 g/mol. The van der Waals surface area contributed by atoms with Crippen molar-refractivity contribution in [2.45, 2.75) is 52.5 Å². The molecule has 3 heteroatoms. The Morgan fingerprint density at radius 1 is 1.29 bits per heavy atom. The van der Waals surface area contributed by atoms with Crippen LogP contribution in [0.4, 0.5) is 0 Å². The molecular weight excluding hydrogens is 228 g/mol. The molecule has 2 nitrogen and oxygen atoms in total. The Morgan fingerprint density at radius 2 is 2.00 bits per heavy atom. The highest BCUT2D eigenvalue weighted by Gasteiger charge is 2.23. The van der Waals surface area contributed by atoms with Crippen molar-refractivity contribution in [3.8, 4) is 0 Å². The smallest absolute Gasteiger partial charge is 0.0897 e. The molecule has 0 saturated heterocycles. The number of nitrogens with one attached hydrogen (secondary N) is 1. The van der Waals surface area contributed by atoms with Crippen molar-refractivity contribution in [3.63, 3.8) is 0 Å². The molecule has 2 unspecified atom stereocenters. The average molecular weight is 252 g/mol. The Morgan fingerprint density at radius 3 is 2.59 bits per heavy atom. The highest BCUT2D eigenvalue weighted by molar-refractivity contribution is 7.09. The highest BCUT2D eigenvalue weighted by atomic mass is 32.1. The predicted molar refractivity (Wildman–Crippen MR) is 74.5 cm³/mol. The fourth-order valence-corrected chi connectivity index (χ4v) is 3.69. The first-order valence-corrected chi connectivity index (χ1v) is 7.66. The molecule has 1 fully saturated rings. The number of nitrogens with zero attached hydrogens (tertiary/aromatic N) is 1. The summed E-state index contributed by atoms with van der Waals surface area (Å²) in [4.78, 5) is 4.50. The molecule has 0 spiro atoms. The van der Waals surface area contributed by atoms with Crippen LogP contribution in [0.15, 0.2) is 5.38 Å². The molecule has 0 radical (unpaired) electrons. The first-order valence-electron chi connectivity index (χ1n) is 6.78. The van der Waals surface area contributed by atoms with Gasteiger partial charge in [0.2, 0.25) is 0 Å². The quantitative estimate of drug-likeness (QED) is 0.888. The summed E-state index contributed by atoms with van der Waals surface area (Å²) in [5.41, 5.74) is 1.25. The van der Waals surface area contributed by atoms with Gasteiger partial charge in [-0.3, -0.25) is 0 Å². The van der Waals surface area contributed by atoms with Crippen molar-refractivity contribution in [2.24, 2.45) is 11.8 Å². The summed E-state index contributed by atoms with van der Waals surface area (Å²) in [6.07, 6.45) is 5.17. The van der Waals surface area contributed by atoms with E-state index in [0.29, 0.717) is 0 Å². The topological polar surface area (TPSA) is 24.9 Å². The lowest BCUT2D eigenvalue weighted by atomic mass is 9.80. The van der Waals surface area contributed by atoms with E-state index in [2.05, 4.69) is 36.5 Å². The fourth-order valence-electron chi connectivity index (χ4n) is 3.04. The maximum atomic E-state index is 4.50. The number of hydrogen-bond donors (Lipinski definition) is 1. The summed E-state index contributed by atoms with van der Waals surface area (Å²) in [7, 11) is 0. The molecular formula is C14H24N2S. The number of aromatic nitrogens is 1. The molecule has 1 N–H and O–H groups in total. The molecule has 96 valence electrons. The third kappa shape index (κ3) is 4.07. The van der Waals surface area contributed by atoms with Crippen LogP contribution >= 0.6 is 11.3 Å². The Labute approximate surface area is 109 Å². The van der Waals surface area contributed by atoms with Gasteiger partial charge in [0.15, 0.2) is 0 Å². The molecule has 0 aliphatic heterocycles. The minimum Gasteiger partial charge on any atom is -0.314 e. The van der Waals surface area contributed by atoms with Gasteiger partial charge >= 0.3 is 0 Å². The van der Waals surface area contributed by atoms with Crippen LogP contribution in [0.1, 0.15) is 43.8 Å². The van der Waals surface area contributed by atoms with Gasteiger partial charge in [-0.15, -0.1) is 11.3 Å². The molecule has 0 bridgehead atoms. The molecule has 1 saturated carbocycles. The lowest BCUT2D eigenvalue weighted by molar-refractivity contribution is 0.240. The average Bonchev–Trinajstić information content (AvgIpc) is 2.63. The third-order valence-electron chi connectivity index (χ3n) is 3.66. The molecule has 1 aromatic heterocycles. The van der Waals surface area contributed by atoms with Gasteiger partial charge in [0.1, 0.15) is 0 Å². The van der Waals surface area contributed by atoms with Crippen LogP contribution in [0.5, 0.6) is 0 Å². The molecule has 0 aromatic carbocycles. The molecule has 1 aromatic rings. The summed E-state index contributed by atoms with van der Waals surface area (Å²) in [6.45, 7) is 7.92. The van der Waals surface area contributed by atoms with Crippen molar-refractivity contribution in [2.75, 3.05) is 6.54 Å².